The summed E-state index contributed by atoms with van der Waals surface area (Å²) < 4.78 is 0. The van der Waals surface area contributed by atoms with Crippen LogP contribution in [0.3, 0.4) is 0 Å². The van der Waals surface area contributed by atoms with Gasteiger partial charge in [0.25, 0.3) is 0 Å². The first kappa shape index (κ1) is 9.08. The SMILES string of the molecule is C[B]C1CN(CC)CCN1C. The molecule has 3 heteroatoms. The first-order chi connectivity index (χ1) is 5.27. The molecule has 0 saturated carbocycles. The van der Waals surface area contributed by atoms with Gasteiger partial charge in [0.15, 0.2) is 0 Å². The first-order valence-corrected chi connectivity index (χ1v) is 4.50. The molecule has 0 aromatic heterocycles. The van der Waals surface area contributed by atoms with Crippen molar-refractivity contribution in [3.63, 3.8) is 0 Å². The van der Waals surface area contributed by atoms with E-state index in [0.29, 0.717) is 5.94 Å². The molecule has 0 aromatic rings. The standard InChI is InChI=1S/C8H18BN2/c1-4-11-6-5-10(3)8(7-11)9-2/h8H,4-7H2,1-3H3. The highest BCUT2D eigenvalue weighted by atomic mass is 15.3. The summed E-state index contributed by atoms with van der Waals surface area (Å²) in [4.78, 5) is 4.93. The summed E-state index contributed by atoms with van der Waals surface area (Å²) in [5.74, 6) is 0.670. The molecule has 2 nitrogen and oxygen atoms in total. The topological polar surface area (TPSA) is 6.48 Å². The highest BCUT2D eigenvalue weighted by molar-refractivity contribution is 6.35. The number of hydrogen-bond acceptors (Lipinski definition) is 2. The maximum atomic E-state index is 2.50. The molecule has 1 atom stereocenters. The minimum atomic E-state index is 0.670. The summed E-state index contributed by atoms with van der Waals surface area (Å²) in [5.41, 5.74) is 0. The molecule has 11 heavy (non-hydrogen) atoms. The molecule has 0 spiro atoms. The van der Waals surface area contributed by atoms with E-state index in [4.69, 9.17) is 0 Å². The lowest BCUT2D eigenvalue weighted by molar-refractivity contribution is 0.138. The van der Waals surface area contributed by atoms with Gasteiger partial charge in [-0.3, -0.25) is 0 Å². The summed E-state index contributed by atoms with van der Waals surface area (Å²) in [6.07, 6.45) is 0. The van der Waals surface area contributed by atoms with Crippen LogP contribution in [-0.2, 0) is 0 Å². The van der Waals surface area contributed by atoms with Gasteiger partial charge in [0.2, 0.25) is 0 Å². The fourth-order valence-corrected chi connectivity index (χ4v) is 1.61. The van der Waals surface area contributed by atoms with Crippen LogP contribution in [0.25, 0.3) is 0 Å². The molecule has 1 fully saturated rings. The van der Waals surface area contributed by atoms with Crippen LogP contribution in [0.1, 0.15) is 6.92 Å². The molecular weight excluding hydrogens is 135 g/mol. The van der Waals surface area contributed by atoms with E-state index in [1.54, 1.807) is 0 Å². The Morgan fingerprint density at radius 2 is 2.18 bits per heavy atom. The molecule has 0 bridgehead atoms. The number of likely N-dealkylation sites (N-methyl/N-ethyl adjacent to an activating group) is 2. The lowest BCUT2D eigenvalue weighted by Crippen LogP contribution is -2.53. The van der Waals surface area contributed by atoms with E-state index >= 15 is 0 Å². The number of rotatable bonds is 2. The third-order valence-corrected chi connectivity index (χ3v) is 2.61. The van der Waals surface area contributed by atoms with Crippen molar-refractivity contribution < 1.29 is 0 Å². The van der Waals surface area contributed by atoms with Crippen molar-refractivity contribution in [2.75, 3.05) is 33.2 Å². The molecule has 1 unspecified atom stereocenters. The quantitative estimate of drug-likeness (QED) is 0.527. The minimum absolute atomic E-state index is 0.670. The smallest absolute Gasteiger partial charge is 0.131 e. The van der Waals surface area contributed by atoms with Crippen molar-refractivity contribution in [2.45, 2.75) is 19.7 Å². The lowest BCUT2D eigenvalue weighted by Gasteiger charge is -2.38. The lowest BCUT2D eigenvalue weighted by atomic mass is 9.70. The van der Waals surface area contributed by atoms with Crippen molar-refractivity contribution in [1.82, 2.24) is 9.80 Å². The molecule has 0 aromatic carbocycles. The second-order valence-electron chi connectivity index (χ2n) is 3.27. The van der Waals surface area contributed by atoms with Crippen molar-refractivity contribution in [1.29, 1.82) is 0 Å². The van der Waals surface area contributed by atoms with Gasteiger partial charge in [-0.2, -0.15) is 0 Å². The average Bonchev–Trinajstić information content (AvgIpc) is 2.05. The molecule has 0 N–H and O–H groups in total. The molecule has 63 valence electrons. The first-order valence-electron chi connectivity index (χ1n) is 4.50. The summed E-state index contributed by atoms with van der Waals surface area (Å²) >= 11 is 0. The van der Waals surface area contributed by atoms with Gasteiger partial charge in [0.05, 0.1) is 0 Å². The zero-order valence-corrected chi connectivity index (χ0v) is 7.88. The van der Waals surface area contributed by atoms with Gasteiger partial charge >= 0.3 is 0 Å². The summed E-state index contributed by atoms with van der Waals surface area (Å²) in [6, 6.07) is 0. The van der Waals surface area contributed by atoms with Crippen LogP contribution in [0.15, 0.2) is 0 Å². The van der Waals surface area contributed by atoms with E-state index in [1.165, 1.54) is 26.2 Å². The van der Waals surface area contributed by atoms with Crippen LogP contribution >= 0.6 is 0 Å². The summed E-state index contributed by atoms with van der Waals surface area (Å²) in [5, 5.41) is 0. The zero-order chi connectivity index (χ0) is 8.27. The minimum Gasteiger partial charge on any atom is -0.309 e. The maximum absolute atomic E-state index is 2.50. The molecule has 0 aliphatic carbocycles. The van der Waals surface area contributed by atoms with Crippen molar-refractivity contribution in [3.05, 3.63) is 0 Å². The van der Waals surface area contributed by atoms with E-state index in [1.807, 2.05) is 0 Å². The predicted molar refractivity (Wildman–Crippen MR) is 50.2 cm³/mol. The second-order valence-corrected chi connectivity index (χ2v) is 3.27. The molecule has 1 aliphatic rings. The molecule has 1 saturated heterocycles. The van der Waals surface area contributed by atoms with E-state index in [2.05, 4.69) is 37.9 Å². The Kier molecular flexibility index (Phi) is 3.40. The average molecular weight is 153 g/mol. The van der Waals surface area contributed by atoms with Gasteiger partial charge in [0, 0.05) is 19.6 Å². The second kappa shape index (κ2) is 4.12. The Morgan fingerprint density at radius 3 is 2.73 bits per heavy atom. The Labute approximate surface area is 70.8 Å². The van der Waals surface area contributed by atoms with Crippen LogP contribution in [-0.4, -0.2) is 56.2 Å². The third kappa shape index (κ3) is 2.21. The number of nitrogens with zero attached hydrogens (tertiary/aromatic N) is 2. The summed E-state index contributed by atoms with van der Waals surface area (Å²) in [6.45, 7) is 9.24. The van der Waals surface area contributed by atoms with Crippen molar-refractivity contribution in [2.24, 2.45) is 0 Å². The molecule has 1 radical (unpaired) electrons. The Morgan fingerprint density at radius 1 is 1.45 bits per heavy atom. The fourth-order valence-electron chi connectivity index (χ4n) is 1.61. The van der Waals surface area contributed by atoms with E-state index in [9.17, 15) is 0 Å². The number of hydrogen-bond donors (Lipinski definition) is 0. The van der Waals surface area contributed by atoms with Gasteiger partial charge in [0.1, 0.15) is 7.28 Å². The normalized spacial score (nSPS) is 28.8. The Balaban J connectivity index is 2.37. The maximum Gasteiger partial charge on any atom is 0.131 e. The van der Waals surface area contributed by atoms with Crippen LogP contribution < -0.4 is 0 Å². The largest absolute Gasteiger partial charge is 0.309 e. The van der Waals surface area contributed by atoms with Gasteiger partial charge in [-0.15, -0.1) is 0 Å². The molecule has 1 rings (SSSR count). The zero-order valence-electron chi connectivity index (χ0n) is 7.88. The van der Waals surface area contributed by atoms with Crippen molar-refractivity contribution in [3.8, 4) is 0 Å². The fraction of sp³-hybridized carbons (Fsp3) is 1.00. The van der Waals surface area contributed by atoms with Gasteiger partial charge < -0.3 is 9.80 Å². The molecule has 1 heterocycles. The highest BCUT2D eigenvalue weighted by Crippen LogP contribution is 2.05. The Bertz CT molecular complexity index is 119. The van der Waals surface area contributed by atoms with E-state index < -0.39 is 0 Å². The highest BCUT2D eigenvalue weighted by Gasteiger charge is 2.21. The molecule has 0 amide bonds. The predicted octanol–water partition coefficient (Wildman–Crippen LogP) is 0.332. The Hall–Kier alpha value is -0.0151. The molecule has 1 aliphatic heterocycles. The van der Waals surface area contributed by atoms with Crippen LogP contribution in [0.4, 0.5) is 0 Å². The monoisotopic (exact) mass is 153 g/mol. The number of piperazine rings is 1. The molecular formula is C8H18BN2. The van der Waals surface area contributed by atoms with Gasteiger partial charge in [-0.1, -0.05) is 13.7 Å². The van der Waals surface area contributed by atoms with Crippen LogP contribution in [0, 0.1) is 0 Å². The third-order valence-electron chi connectivity index (χ3n) is 2.61. The van der Waals surface area contributed by atoms with E-state index in [-0.39, 0.29) is 0 Å². The van der Waals surface area contributed by atoms with Crippen molar-refractivity contribution >= 4 is 7.28 Å². The van der Waals surface area contributed by atoms with Crippen LogP contribution in [0.5, 0.6) is 0 Å². The van der Waals surface area contributed by atoms with Crippen LogP contribution in [0.2, 0.25) is 6.82 Å². The van der Waals surface area contributed by atoms with Gasteiger partial charge in [-0.25, -0.2) is 0 Å². The summed E-state index contributed by atoms with van der Waals surface area (Å²) in [7, 11) is 4.50. The van der Waals surface area contributed by atoms with Gasteiger partial charge in [-0.05, 0) is 19.5 Å². The van der Waals surface area contributed by atoms with E-state index in [0.717, 1.165) is 0 Å².